The van der Waals surface area contributed by atoms with E-state index in [1.807, 2.05) is 0 Å². The molecular formula is C11H22N2O2. The van der Waals surface area contributed by atoms with Gasteiger partial charge >= 0.3 is 0 Å². The molecule has 0 unspecified atom stereocenters. The Labute approximate surface area is 91.8 Å². The summed E-state index contributed by atoms with van der Waals surface area (Å²) < 4.78 is 0. The van der Waals surface area contributed by atoms with Gasteiger partial charge in [0.25, 0.3) is 0 Å². The molecule has 15 heavy (non-hydrogen) atoms. The first-order chi connectivity index (χ1) is 6.81. The minimum absolute atomic E-state index is 0.174. The van der Waals surface area contributed by atoms with Gasteiger partial charge in [-0.15, -0.1) is 0 Å². The second-order valence-electron chi connectivity index (χ2n) is 5.09. The SMILES string of the molecule is CC(C)N1CCC(=O)N1CCC(C)(C)O. The number of aliphatic hydroxyl groups is 1. The van der Waals surface area contributed by atoms with Crippen LogP contribution in [0.5, 0.6) is 0 Å². The lowest BCUT2D eigenvalue weighted by molar-refractivity contribution is -0.141. The Morgan fingerprint density at radius 3 is 2.53 bits per heavy atom. The Morgan fingerprint density at radius 2 is 2.07 bits per heavy atom. The van der Waals surface area contributed by atoms with Crippen molar-refractivity contribution in [2.24, 2.45) is 0 Å². The zero-order valence-electron chi connectivity index (χ0n) is 10.2. The quantitative estimate of drug-likeness (QED) is 0.759. The van der Waals surface area contributed by atoms with Gasteiger partial charge in [-0.2, -0.15) is 0 Å². The van der Waals surface area contributed by atoms with E-state index in [4.69, 9.17) is 0 Å². The van der Waals surface area contributed by atoms with Crippen molar-refractivity contribution in [3.63, 3.8) is 0 Å². The standard InChI is InChI=1S/C11H22N2O2/c1-9(2)12-7-5-10(14)13(12)8-6-11(3,4)15/h9,15H,5-8H2,1-4H3. The van der Waals surface area contributed by atoms with E-state index >= 15 is 0 Å². The monoisotopic (exact) mass is 214 g/mol. The van der Waals surface area contributed by atoms with E-state index in [1.54, 1.807) is 18.9 Å². The maximum atomic E-state index is 11.6. The van der Waals surface area contributed by atoms with Gasteiger partial charge in [-0.1, -0.05) is 0 Å². The Bertz CT molecular complexity index is 233. The van der Waals surface area contributed by atoms with Gasteiger partial charge < -0.3 is 5.11 Å². The molecule has 0 bridgehead atoms. The summed E-state index contributed by atoms with van der Waals surface area (Å²) in [7, 11) is 0. The molecule has 0 spiro atoms. The highest BCUT2D eigenvalue weighted by Gasteiger charge is 2.31. The number of hydrogen-bond acceptors (Lipinski definition) is 3. The fourth-order valence-corrected chi connectivity index (χ4v) is 1.77. The van der Waals surface area contributed by atoms with Crippen LogP contribution in [0.4, 0.5) is 0 Å². The lowest BCUT2D eigenvalue weighted by atomic mass is 10.1. The molecule has 0 aromatic heterocycles. The van der Waals surface area contributed by atoms with Gasteiger partial charge in [0.1, 0.15) is 0 Å². The summed E-state index contributed by atoms with van der Waals surface area (Å²) in [4.78, 5) is 11.6. The maximum Gasteiger partial charge on any atom is 0.238 e. The van der Waals surface area contributed by atoms with Crippen molar-refractivity contribution < 1.29 is 9.90 Å². The van der Waals surface area contributed by atoms with Crippen LogP contribution in [-0.4, -0.2) is 45.8 Å². The van der Waals surface area contributed by atoms with E-state index in [1.165, 1.54) is 0 Å². The van der Waals surface area contributed by atoms with E-state index < -0.39 is 5.60 Å². The highest BCUT2D eigenvalue weighted by atomic mass is 16.3. The van der Waals surface area contributed by atoms with Crippen molar-refractivity contribution in [1.82, 2.24) is 10.0 Å². The molecule has 1 N–H and O–H groups in total. The molecule has 1 aliphatic heterocycles. The minimum atomic E-state index is -0.703. The second kappa shape index (κ2) is 4.49. The van der Waals surface area contributed by atoms with Gasteiger partial charge in [0, 0.05) is 25.6 Å². The molecule has 1 heterocycles. The average molecular weight is 214 g/mol. The molecule has 1 amide bonds. The molecule has 1 fully saturated rings. The summed E-state index contributed by atoms with van der Waals surface area (Å²) >= 11 is 0. The number of rotatable bonds is 4. The largest absolute Gasteiger partial charge is 0.390 e. The van der Waals surface area contributed by atoms with E-state index in [-0.39, 0.29) is 5.91 Å². The zero-order valence-corrected chi connectivity index (χ0v) is 10.2. The average Bonchev–Trinajstić information content (AvgIpc) is 2.42. The molecular weight excluding hydrogens is 192 g/mol. The predicted molar refractivity (Wildman–Crippen MR) is 59.1 cm³/mol. The molecule has 0 aromatic rings. The summed E-state index contributed by atoms with van der Waals surface area (Å²) in [6.07, 6.45) is 1.21. The fraction of sp³-hybridized carbons (Fsp3) is 0.909. The molecule has 88 valence electrons. The first-order valence-electron chi connectivity index (χ1n) is 5.60. The normalized spacial score (nSPS) is 19.3. The third kappa shape index (κ3) is 3.47. The Balaban J connectivity index is 2.54. The van der Waals surface area contributed by atoms with Crippen LogP contribution in [0.2, 0.25) is 0 Å². The van der Waals surface area contributed by atoms with Crippen LogP contribution in [-0.2, 0) is 4.79 Å². The van der Waals surface area contributed by atoms with E-state index in [0.717, 1.165) is 6.54 Å². The number of hydrogen-bond donors (Lipinski definition) is 1. The zero-order chi connectivity index (χ0) is 11.6. The number of amides is 1. The molecule has 1 saturated heterocycles. The van der Waals surface area contributed by atoms with Crippen molar-refractivity contribution >= 4 is 5.91 Å². The van der Waals surface area contributed by atoms with Gasteiger partial charge in [0.15, 0.2) is 0 Å². The van der Waals surface area contributed by atoms with Gasteiger partial charge in [0.05, 0.1) is 5.60 Å². The molecule has 4 nitrogen and oxygen atoms in total. The van der Waals surface area contributed by atoms with Crippen LogP contribution in [0.1, 0.15) is 40.5 Å². The van der Waals surface area contributed by atoms with E-state index in [0.29, 0.717) is 25.4 Å². The number of nitrogens with zero attached hydrogens (tertiary/aromatic N) is 2. The number of carbonyl (C=O) groups excluding carboxylic acids is 1. The van der Waals surface area contributed by atoms with Crippen LogP contribution >= 0.6 is 0 Å². The Kier molecular flexibility index (Phi) is 3.73. The van der Waals surface area contributed by atoms with Crippen molar-refractivity contribution in [2.45, 2.75) is 52.2 Å². The summed E-state index contributed by atoms with van der Waals surface area (Å²) in [5.41, 5.74) is -0.703. The third-order valence-corrected chi connectivity index (χ3v) is 2.68. The highest BCUT2D eigenvalue weighted by molar-refractivity contribution is 5.77. The van der Waals surface area contributed by atoms with Crippen molar-refractivity contribution in [3.8, 4) is 0 Å². The second-order valence-corrected chi connectivity index (χ2v) is 5.09. The van der Waals surface area contributed by atoms with Crippen molar-refractivity contribution in [3.05, 3.63) is 0 Å². The lowest BCUT2D eigenvalue weighted by Crippen LogP contribution is -2.45. The summed E-state index contributed by atoms with van der Waals surface area (Å²) in [5, 5.41) is 13.5. The minimum Gasteiger partial charge on any atom is -0.390 e. The molecule has 0 aromatic carbocycles. The van der Waals surface area contributed by atoms with Crippen LogP contribution in [0, 0.1) is 0 Å². The highest BCUT2D eigenvalue weighted by Crippen LogP contribution is 2.18. The molecule has 1 aliphatic rings. The number of carbonyl (C=O) groups is 1. The Morgan fingerprint density at radius 1 is 1.47 bits per heavy atom. The van der Waals surface area contributed by atoms with Gasteiger partial charge in [-0.3, -0.25) is 9.80 Å². The molecule has 1 rings (SSSR count). The Hall–Kier alpha value is -0.610. The van der Waals surface area contributed by atoms with Gasteiger partial charge in [-0.25, -0.2) is 5.01 Å². The van der Waals surface area contributed by atoms with Crippen molar-refractivity contribution in [1.29, 1.82) is 0 Å². The first kappa shape index (κ1) is 12.5. The molecule has 0 saturated carbocycles. The predicted octanol–water partition coefficient (Wildman–Crippen LogP) is 1.01. The van der Waals surface area contributed by atoms with Crippen LogP contribution in [0.25, 0.3) is 0 Å². The number of hydrazine groups is 1. The lowest BCUT2D eigenvalue weighted by Gasteiger charge is -2.32. The summed E-state index contributed by atoms with van der Waals surface area (Å²) in [6, 6.07) is 0.346. The van der Waals surface area contributed by atoms with E-state index in [2.05, 4.69) is 18.9 Å². The molecule has 0 atom stereocenters. The molecule has 0 radical (unpaired) electrons. The van der Waals surface area contributed by atoms with Crippen LogP contribution in [0.15, 0.2) is 0 Å². The van der Waals surface area contributed by atoms with Crippen LogP contribution < -0.4 is 0 Å². The summed E-state index contributed by atoms with van der Waals surface area (Å²) in [6.45, 7) is 9.12. The van der Waals surface area contributed by atoms with Gasteiger partial charge in [-0.05, 0) is 34.1 Å². The first-order valence-corrected chi connectivity index (χ1v) is 5.60. The third-order valence-electron chi connectivity index (χ3n) is 2.68. The topological polar surface area (TPSA) is 43.8 Å². The van der Waals surface area contributed by atoms with Crippen LogP contribution in [0.3, 0.4) is 0 Å². The summed E-state index contributed by atoms with van der Waals surface area (Å²) in [5.74, 6) is 0.174. The molecule has 0 aliphatic carbocycles. The maximum absolute atomic E-state index is 11.6. The van der Waals surface area contributed by atoms with E-state index in [9.17, 15) is 9.90 Å². The smallest absolute Gasteiger partial charge is 0.238 e. The van der Waals surface area contributed by atoms with Crippen molar-refractivity contribution in [2.75, 3.05) is 13.1 Å². The van der Waals surface area contributed by atoms with Gasteiger partial charge in [0.2, 0.25) is 5.91 Å². The fourth-order valence-electron chi connectivity index (χ4n) is 1.77. The molecule has 4 heteroatoms.